The molecule has 1 aliphatic rings. The number of carbonyl (C=O) groups excluding carboxylic acids is 1. The van der Waals surface area contributed by atoms with Gasteiger partial charge in [-0.1, -0.05) is 90.4 Å². The van der Waals surface area contributed by atoms with Crippen LogP contribution in [0.1, 0.15) is 116 Å². The molecule has 0 saturated carbocycles. The van der Waals surface area contributed by atoms with Crippen molar-refractivity contribution in [3.63, 3.8) is 0 Å². The number of hydrogen-bond acceptors (Lipinski definition) is 3. The summed E-state index contributed by atoms with van der Waals surface area (Å²) in [5.41, 5.74) is 0. The van der Waals surface area contributed by atoms with Crippen LogP contribution >= 0.6 is 11.8 Å². The van der Waals surface area contributed by atoms with Gasteiger partial charge >= 0.3 is 5.97 Å². The van der Waals surface area contributed by atoms with Crippen molar-refractivity contribution in [2.24, 2.45) is 0 Å². The fraction of sp³-hybridized carbons (Fsp3) is 0.955. The van der Waals surface area contributed by atoms with Crippen LogP contribution in [-0.2, 0) is 9.53 Å². The lowest BCUT2D eigenvalue weighted by atomic mass is 10.0. The average molecular weight is 371 g/mol. The quantitative estimate of drug-likeness (QED) is 0.144. The largest absolute Gasteiger partial charge is 0.469 e. The lowest BCUT2D eigenvalue weighted by Crippen LogP contribution is -1.99. The molecule has 0 amide bonds. The van der Waals surface area contributed by atoms with Gasteiger partial charge in [0.2, 0.25) is 0 Å². The second-order valence-corrected chi connectivity index (χ2v) is 9.20. The Balaban J connectivity index is 1.75. The van der Waals surface area contributed by atoms with E-state index in [2.05, 4.69) is 23.4 Å². The number of ether oxygens (including phenoxy) is 1. The summed E-state index contributed by atoms with van der Waals surface area (Å²) >= 11 is 2.23. The molecule has 0 spiro atoms. The summed E-state index contributed by atoms with van der Waals surface area (Å²) in [6.07, 6.45) is 22.6. The van der Waals surface area contributed by atoms with E-state index in [4.69, 9.17) is 0 Å². The first-order valence-electron chi connectivity index (χ1n) is 11.0. The minimum absolute atomic E-state index is 0.0614. The van der Waals surface area contributed by atoms with Gasteiger partial charge in [-0.3, -0.25) is 4.79 Å². The first-order chi connectivity index (χ1) is 12.3. The molecule has 0 N–H and O–H groups in total. The van der Waals surface area contributed by atoms with Crippen LogP contribution in [0.4, 0.5) is 0 Å². The summed E-state index contributed by atoms with van der Waals surface area (Å²) in [4.78, 5) is 11.0. The maximum Gasteiger partial charge on any atom is 0.305 e. The Morgan fingerprint density at radius 2 is 1.16 bits per heavy atom. The number of thioether (sulfide) groups is 1. The fourth-order valence-corrected chi connectivity index (χ4v) is 4.83. The summed E-state index contributed by atoms with van der Waals surface area (Å²) < 4.78 is 4.66. The first kappa shape index (κ1) is 22.9. The first-order valence-corrected chi connectivity index (χ1v) is 11.9. The van der Waals surface area contributed by atoms with Crippen molar-refractivity contribution in [1.29, 1.82) is 0 Å². The SMILES string of the molecule is CCCCCCCCCCCC1SC1CCCCCCCC(=O)OC. The van der Waals surface area contributed by atoms with Gasteiger partial charge in [0, 0.05) is 16.9 Å². The number of esters is 1. The van der Waals surface area contributed by atoms with Crippen LogP contribution in [0.25, 0.3) is 0 Å². The summed E-state index contributed by atoms with van der Waals surface area (Å²) in [6, 6.07) is 0. The maximum absolute atomic E-state index is 11.0. The Morgan fingerprint density at radius 1 is 0.720 bits per heavy atom. The van der Waals surface area contributed by atoms with Crippen molar-refractivity contribution in [2.75, 3.05) is 7.11 Å². The molecule has 3 heteroatoms. The molecule has 1 saturated heterocycles. The van der Waals surface area contributed by atoms with Gasteiger partial charge in [0.25, 0.3) is 0 Å². The number of methoxy groups -OCH3 is 1. The molecule has 0 aromatic rings. The number of unbranched alkanes of at least 4 members (excludes halogenated alkanes) is 12. The van der Waals surface area contributed by atoms with Gasteiger partial charge in [0.15, 0.2) is 0 Å². The molecule has 2 nitrogen and oxygen atoms in total. The zero-order chi connectivity index (χ0) is 18.2. The highest BCUT2D eigenvalue weighted by molar-refractivity contribution is 8.07. The second kappa shape index (κ2) is 16.0. The highest BCUT2D eigenvalue weighted by atomic mass is 32.2. The van der Waals surface area contributed by atoms with E-state index in [1.165, 1.54) is 103 Å². The van der Waals surface area contributed by atoms with Gasteiger partial charge in [0.1, 0.15) is 0 Å². The van der Waals surface area contributed by atoms with Crippen LogP contribution in [-0.4, -0.2) is 23.6 Å². The van der Waals surface area contributed by atoms with Crippen LogP contribution in [0.3, 0.4) is 0 Å². The van der Waals surface area contributed by atoms with E-state index in [1.54, 1.807) is 0 Å². The molecule has 0 radical (unpaired) electrons. The molecule has 0 aliphatic carbocycles. The molecule has 1 fully saturated rings. The van der Waals surface area contributed by atoms with Crippen molar-refractivity contribution in [2.45, 2.75) is 127 Å². The molecule has 148 valence electrons. The van der Waals surface area contributed by atoms with E-state index in [9.17, 15) is 4.79 Å². The fourth-order valence-electron chi connectivity index (χ4n) is 3.59. The van der Waals surface area contributed by atoms with Gasteiger partial charge in [0.05, 0.1) is 7.11 Å². The molecular formula is C22H42O2S. The van der Waals surface area contributed by atoms with Gasteiger partial charge < -0.3 is 4.74 Å². The van der Waals surface area contributed by atoms with E-state index in [0.29, 0.717) is 6.42 Å². The van der Waals surface area contributed by atoms with E-state index in [0.717, 1.165) is 16.9 Å². The molecule has 0 aromatic heterocycles. The molecule has 0 aromatic carbocycles. The van der Waals surface area contributed by atoms with Crippen LogP contribution in [0.2, 0.25) is 0 Å². The third-order valence-corrected chi connectivity index (χ3v) is 6.89. The number of rotatable bonds is 18. The monoisotopic (exact) mass is 370 g/mol. The third kappa shape index (κ3) is 13.7. The summed E-state index contributed by atoms with van der Waals surface area (Å²) in [5.74, 6) is -0.0614. The van der Waals surface area contributed by atoms with E-state index < -0.39 is 0 Å². The zero-order valence-electron chi connectivity index (χ0n) is 16.9. The van der Waals surface area contributed by atoms with Gasteiger partial charge in [-0.2, -0.15) is 11.8 Å². The lowest BCUT2D eigenvalue weighted by molar-refractivity contribution is -0.140. The van der Waals surface area contributed by atoms with Crippen molar-refractivity contribution < 1.29 is 9.53 Å². The maximum atomic E-state index is 11.0. The molecule has 2 atom stereocenters. The molecule has 1 rings (SSSR count). The van der Waals surface area contributed by atoms with Crippen molar-refractivity contribution in [1.82, 2.24) is 0 Å². The molecule has 1 heterocycles. The van der Waals surface area contributed by atoms with Crippen LogP contribution in [0.5, 0.6) is 0 Å². The van der Waals surface area contributed by atoms with Crippen LogP contribution in [0, 0.1) is 0 Å². The minimum atomic E-state index is -0.0614. The summed E-state index contributed by atoms with van der Waals surface area (Å²) in [7, 11) is 1.47. The third-order valence-electron chi connectivity index (χ3n) is 5.38. The molecule has 0 bridgehead atoms. The highest BCUT2D eigenvalue weighted by Crippen LogP contribution is 2.47. The Hall–Kier alpha value is -0.180. The topological polar surface area (TPSA) is 26.3 Å². The van der Waals surface area contributed by atoms with Crippen molar-refractivity contribution >= 4 is 17.7 Å². The van der Waals surface area contributed by atoms with E-state index in [1.807, 2.05) is 0 Å². The predicted octanol–water partition coefficient (Wildman–Crippen LogP) is 7.30. The van der Waals surface area contributed by atoms with Crippen molar-refractivity contribution in [3.8, 4) is 0 Å². The predicted molar refractivity (Wildman–Crippen MR) is 111 cm³/mol. The van der Waals surface area contributed by atoms with Crippen LogP contribution in [0.15, 0.2) is 0 Å². The normalized spacial score (nSPS) is 19.1. The minimum Gasteiger partial charge on any atom is -0.469 e. The summed E-state index contributed by atoms with van der Waals surface area (Å²) in [5, 5.41) is 1.97. The molecule has 2 unspecified atom stereocenters. The number of hydrogen-bond donors (Lipinski definition) is 0. The molecular weight excluding hydrogens is 328 g/mol. The van der Waals surface area contributed by atoms with Crippen LogP contribution < -0.4 is 0 Å². The van der Waals surface area contributed by atoms with E-state index in [-0.39, 0.29) is 5.97 Å². The second-order valence-electron chi connectivity index (χ2n) is 7.71. The average Bonchev–Trinajstić information content (AvgIpc) is 3.37. The molecule has 1 aliphatic heterocycles. The Kier molecular flexibility index (Phi) is 14.7. The lowest BCUT2D eigenvalue weighted by Gasteiger charge is -2.02. The summed E-state index contributed by atoms with van der Waals surface area (Å²) in [6.45, 7) is 2.29. The van der Waals surface area contributed by atoms with Gasteiger partial charge in [-0.25, -0.2) is 0 Å². The Labute approximate surface area is 161 Å². The van der Waals surface area contributed by atoms with Gasteiger partial charge in [-0.15, -0.1) is 0 Å². The van der Waals surface area contributed by atoms with E-state index >= 15 is 0 Å². The smallest absolute Gasteiger partial charge is 0.305 e. The van der Waals surface area contributed by atoms with Crippen molar-refractivity contribution in [3.05, 3.63) is 0 Å². The molecule has 25 heavy (non-hydrogen) atoms. The standard InChI is InChI=1S/C22H42O2S/c1-3-4-5-6-7-8-9-11-14-17-20-21(25-20)18-15-12-10-13-16-19-22(23)24-2/h20-21H,3-19H2,1-2H3. The number of carbonyl (C=O) groups is 1. The zero-order valence-corrected chi connectivity index (χ0v) is 17.7. The van der Waals surface area contributed by atoms with Gasteiger partial charge in [-0.05, 0) is 19.3 Å². The Bertz CT molecular complexity index is 319. The highest BCUT2D eigenvalue weighted by Gasteiger charge is 2.36. The Morgan fingerprint density at radius 3 is 1.64 bits per heavy atom.